The molecule has 27 nitrogen and oxygen atoms in total. The molecule has 0 saturated carbocycles. The van der Waals surface area contributed by atoms with Crippen LogP contribution >= 0.6 is 0 Å². The van der Waals surface area contributed by atoms with Crippen molar-refractivity contribution in [3.8, 4) is 0 Å². The zero-order valence-electron chi connectivity index (χ0n) is 26.5. The van der Waals surface area contributed by atoms with E-state index >= 15 is 0 Å². The first kappa shape index (κ1) is 59.7. The van der Waals surface area contributed by atoms with E-state index < -0.39 is 15.3 Å². The van der Waals surface area contributed by atoms with Gasteiger partial charge in [-0.05, 0) is 0 Å². The maximum atomic E-state index is 8.25. The molecule has 0 aliphatic rings. The Labute approximate surface area is 310 Å². The summed E-state index contributed by atoms with van der Waals surface area (Å²) in [7, 11) is 5.87. The second kappa shape index (κ2) is 36.2. The SMILES string of the molecule is Cn1ccnc1C=NCCN(CCN=Cc1nccn1C)CCN=Cc1nccn1C.O.O.O.O=[N+]([O-])[O-].O=[N+]([O-])[O-].O=[N+]([O-])[O-].[OH3+].[OH3+].[Sm+3]. The number of aliphatic imine (C=N–C) groups is 3. The van der Waals surface area contributed by atoms with Crippen molar-refractivity contribution >= 4 is 18.6 Å². The molecule has 279 valence electrons. The largest absolute Gasteiger partial charge is 3.00 e. The number of aromatic nitrogens is 6. The van der Waals surface area contributed by atoms with E-state index in [-0.39, 0.29) is 67.8 Å². The van der Waals surface area contributed by atoms with Crippen LogP contribution in [0.1, 0.15) is 17.5 Å². The molecule has 3 heterocycles. The molecule has 3 aromatic heterocycles. The van der Waals surface area contributed by atoms with Gasteiger partial charge in [0.15, 0.2) is 0 Å². The Morgan fingerprint density at radius 2 is 0.796 bits per heavy atom. The third-order valence-corrected chi connectivity index (χ3v) is 4.83. The van der Waals surface area contributed by atoms with Crippen LogP contribution in [0.25, 0.3) is 0 Å². The van der Waals surface area contributed by atoms with Gasteiger partial charge in [-0.2, -0.15) is 0 Å². The third kappa shape index (κ3) is 34.5. The summed E-state index contributed by atoms with van der Waals surface area (Å²) in [5, 5.41) is 44.2. The van der Waals surface area contributed by atoms with Gasteiger partial charge in [0.2, 0.25) is 0 Å². The quantitative estimate of drug-likeness (QED) is 0.0723. The molecule has 0 unspecified atom stereocenters. The van der Waals surface area contributed by atoms with Crippen LogP contribution in [0.3, 0.4) is 0 Å². The maximum Gasteiger partial charge on any atom is 3.00 e. The molecule has 3 aromatic rings. The van der Waals surface area contributed by atoms with E-state index in [2.05, 4.69) is 34.8 Å². The summed E-state index contributed by atoms with van der Waals surface area (Å²) in [6, 6.07) is 0. The van der Waals surface area contributed by atoms with Gasteiger partial charge in [-0.1, -0.05) is 0 Å². The summed E-state index contributed by atoms with van der Waals surface area (Å²) in [6.45, 7) is 4.57. The number of nitrogens with zero attached hydrogens (tertiary/aromatic N) is 13. The fourth-order valence-electron chi connectivity index (χ4n) is 2.88. The summed E-state index contributed by atoms with van der Waals surface area (Å²) in [5.41, 5.74) is 0. The monoisotopic (exact) mass is 852 g/mol. The summed E-state index contributed by atoms with van der Waals surface area (Å²) in [4.78, 5) is 53.4. The van der Waals surface area contributed by atoms with E-state index in [4.69, 9.17) is 46.0 Å². The molecule has 3 rings (SSSR count). The molecular weight excluding hydrogens is 809 g/mol. The Kier molecular flexibility index (Phi) is 44.1. The molecule has 1 radical (unpaired) electrons. The van der Waals surface area contributed by atoms with Crippen LogP contribution in [0.4, 0.5) is 0 Å². The van der Waals surface area contributed by atoms with Crippen molar-refractivity contribution in [3.63, 3.8) is 0 Å². The standard InChI is InChI=1S/C21H30N10.3NO3.5H2O.Sm/c1-28-10-7-25-19(28)16-22-4-13-31(14-5-23-17-20-26-8-11-29(20)2)15-6-24-18-21-27-9-12-30(21)3;3*2-1(3)4;;;;;;/h7-12,16-18H,4-6,13-15H2,1-3H3;;;;5*1H2;/q;3*-1;;;;;;+3/p+2. The van der Waals surface area contributed by atoms with Crippen LogP contribution in [0.5, 0.6) is 0 Å². The van der Waals surface area contributed by atoms with Crippen LogP contribution in [0, 0.1) is 86.4 Å². The van der Waals surface area contributed by atoms with Crippen LogP contribution in [-0.2, 0) is 32.1 Å². The molecule has 0 aliphatic heterocycles. The Bertz CT molecular complexity index is 1160. The first-order chi connectivity index (χ1) is 20.3. The van der Waals surface area contributed by atoms with Gasteiger partial charge in [-0.3, -0.25) is 19.9 Å². The number of hydrogen-bond donors (Lipinski definition) is 0. The molecule has 0 atom stereocenters. The van der Waals surface area contributed by atoms with Crippen LogP contribution in [0.2, 0.25) is 0 Å². The fourth-order valence-corrected chi connectivity index (χ4v) is 2.88. The second-order valence-corrected chi connectivity index (χ2v) is 7.81. The molecule has 0 spiro atoms. The summed E-state index contributed by atoms with van der Waals surface area (Å²) >= 11 is 0. The number of aryl methyl sites for hydroxylation is 3. The van der Waals surface area contributed by atoms with E-state index in [1.54, 1.807) is 18.6 Å². The fraction of sp³-hybridized carbons (Fsp3) is 0.429. The molecule has 0 aliphatic carbocycles. The van der Waals surface area contributed by atoms with E-state index in [0.29, 0.717) is 19.6 Å². The van der Waals surface area contributed by atoms with Crippen molar-refractivity contribution in [3.05, 3.63) is 101 Å². The van der Waals surface area contributed by atoms with Gasteiger partial charge in [-0.15, -0.1) is 0 Å². The Hall–Kier alpha value is -4.66. The molecular formula is C21H42N13O14Sm+2. The van der Waals surface area contributed by atoms with Gasteiger partial charge in [0.25, 0.3) is 0 Å². The Morgan fingerprint density at radius 1 is 0.592 bits per heavy atom. The smallest absolute Gasteiger partial charge is 0.457 e. The predicted molar refractivity (Wildman–Crippen MR) is 175 cm³/mol. The molecule has 0 aromatic carbocycles. The van der Waals surface area contributed by atoms with Crippen molar-refractivity contribution in [2.75, 3.05) is 39.3 Å². The van der Waals surface area contributed by atoms with E-state index in [0.717, 1.165) is 37.1 Å². The average molecular weight is 851 g/mol. The minimum absolute atomic E-state index is 0. The zero-order chi connectivity index (χ0) is 32.6. The van der Waals surface area contributed by atoms with Gasteiger partial charge in [0.05, 0.1) is 53.5 Å². The van der Waals surface area contributed by atoms with E-state index in [9.17, 15) is 0 Å². The topological polar surface area (TPSA) is 453 Å². The average Bonchev–Trinajstić information content (AvgIpc) is 3.62. The minimum Gasteiger partial charge on any atom is -0.457 e. The van der Waals surface area contributed by atoms with Crippen LogP contribution in [-0.4, -0.2) is 123 Å². The third-order valence-electron chi connectivity index (χ3n) is 4.83. The van der Waals surface area contributed by atoms with Gasteiger partial charge >= 0.3 is 40.4 Å². The molecule has 12 N–H and O–H groups in total. The number of imidazole rings is 3. The molecule has 0 amide bonds. The predicted octanol–water partition coefficient (Wildman–Crippen LogP) is -4.19. The van der Waals surface area contributed by atoms with Gasteiger partial charge in [0, 0.05) is 78.0 Å². The molecule has 0 saturated heterocycles. The normalized spacial score (nSPS) is 9.31. The van der Waals surface area contributed by atoms with E-state index in [1.807, 2.05) is 72.1 Å². The van der Waals surface area contributed by atoms with Crippen LogP contribution < -0.4 is 0 Å². The van der Waals surface area contributed by atoms with Gasteiger partial charge in [0.1, 0.15) is 17.5 Å². The van der Waals surface area contributed by atoms with Crippen molar-refractivity contribution in [2.45, 2.75) is 0 Å². The van der Waals surface area contributed by atoms with Gasteiger partial charge < -0.3 is 87.0 Å². The number of rotatable bonds is 12. The van der Waals surface area contributed by atoms with Crippen molar-refractivity contribution in [1.82, 2.24) is 33.6 Å². The van der Waals surface area contributed by atoms with Gasteiger partial charge in [-0.25, -0.2) is 15.0 Å². The number of hydrogen-bond acceptors (Lipinski definition) is 16. The zero-order valence-corrected chi connectivity index (χ0v) is 29.1. The van der Waals surface area contributed by atoms with Crippen molar-refractivity contribution < 1.29 is 83.0 Å². The van der Waals surface area contributed by atoms with Crippen molar-refractivity contribution in [1.29, 1.82) is 0 Å². The molecule has 49 heavy (non-hydrogen) atoms. The summed E-state index contributed by atoms with van der Waals surface area (Å²) in [6.07, 6.45) is 16.5. The molecule has 0 bridgehead atoms. The first-order valence-corrected chi connectivity index (χ1v) is 11.9. The Morgan fingerprint density at radius 3 is 0.959 bits per heavy atom. The molecule has 0 fully saturated rings. The molecule has 28 heteroatoms. The van der Waals surface area contributed by atoms with Crippen molar-refractivity contribution in [2.24, 2.45) is 36.1 Å². The second-order valence-electron chi connectivity index (χ2n) is 7.81. The maximum absolute atomic E-state index is 8.25. The first-order valence-electron chi connectivity index (χ1n) is 11.9. The Balaban J connectivity index is -0.000000171. The van der Waals surface area contributed by atoms with E-state index in [1.165, 1.54) is 0 Å². The summed E-state index contributed by atoms with van der Waals surface area (Å²) in [5.74, 6) is 2.56. The van der Waals surface area contributed by atoms with Crippen LogP contribution in [0.15, 0.2) is 52.2 Å². The summed E-state index contributed by atoms with van der Waals surface area (Å²) < 4.78 is 5.83. The minimum atomic E-state index is -1.75.